The Kier molecular flexibility index (Phi) is 13.7. The van der Waals surface area contributed by atoms with Crippen LogP contribution in [-0.2, 0) is 9.53 Å². The number of H-pyrrole nitrogens is 1. The number of rotatable bonds is 9. The third-order valence-electron chi connectivity index (χ3n) is 2.65. The second kappa shape index (κ2) is 14.7. The van der Waals surface area contributed by atoms with Crippen molar-refractivity contribution in [1.82, 2.24) is 9.97 Å². The highest BCUT2D eigenvalue weighted by Crippen LogP contribution is 2.03. The summed E-state index contributed by atoms with van der Waals surface area (Å²) in [7, 11) is 0. The van der Waals surface area contributed by atoms with Crippen molar-refractivity contribution in [3.05, 3.63) is 18.7 Å². The largest absolute Gasteiger partial charge is 0.466 e. The first-order chi connectivity index (χ1) is 9.31. The van der Waals surface area contributed by atoms with Gasteiger partial charge >= 0.3 is 5.97 Å². The van der Waals surface area contributed by atoms with Crippen LogP contribution in [0.3, 0.4) is 0 Å². The fraction of sp³-hybridized carbons (Fsp3) is 0.733. The second-order valence-electron chi connectivity index (χ2n) is 4.50. The number of unbranched alkanes of at least 4 members (excludes halogenated alkanes) is 5. The van der Waals surface area contributed by atoms with Gasteiger partial charge in [0.25, 0.3) is 0 Å². The van der Waals surface area contributed by atoms with Crippen molar-refractivity contribution < 1.29 is 9.53 Å². The third-order valence-corrected chi connectivity index (χ3v) is 2.65. The summed E-state index contributed by atoms with van der Waals surface area (Å²) in [5.41, 5.74) is 0. The number of nitrogens with one attached hydrogen (secondary N) is 1. The molecule has 0 radical (unpaired) electrons. The molecule has 1 aromatic heterocycles. The maximum Gasteiger partial charge on any atom is 0.305 e. The molecule has 0 atom stereocenters. The van der Waals surface area contributed by atoms with E-state index in [1.54, 1.807) is 18.7 Å². The minimum atomic E-state index is -0.0186. The summed E-state index contributed by atoms with van der Waals surface area (Å²) in [4.78, 5) is 17.5. The van der Waals surface area contributed by atoms with Gasteiger partial charge in [-0.3, -0.25) is 4.79 Å². The predicted octanol–water partition coefficient (Wildman–Crippen LogP) is 4.10. The summed E-state index contributed by atoms with van der Waals surface area (Å²) < 4.78 is 5.10. The molecular weight excluding hydrogens is 240 g/mol. The molecule has 0 bridgehead atoms. The van der Waals surface area contributed by atoms with Crippen molar-refractivity contribution >= 4 is 5.97 Å². The fourth-order valence-corrected chi connectivity index (χ4v) is 1.52. The Morgan fingerprint density at radius 2 is 1.84 bits per heavy atom. The molecule has 0 fully saturated rings. The fourth-order valence-electron chi connectivity index (χ4n) is 1.52. The van der Waals surface area contributed by atoms with E-state index in [1.165, 1.54) is 19.3 Å². The first-order valence-corrected chi connectivity index (χ1v) is 7.39. The van der Waals surface area contributed by atoms with Crippen LogP contribution in [0.2, 0.25) is 0 Å². The number of carbonyl (C=O) groups excluding carboxylic acids is 1. The van der Waals surface area contributed by atoms with E-state index in [1.807, 2.05) is 0 Å². The number of aromatic amines is 1. The van der Waals surface area contributed by atoms with Gasteiger partial charge in [-0.1, -0.05) is 46.0 Å². The van der Waals surface area contributed by atoms with Crippen molar-refractivity contribution in [1.29, 1.82) is 0 Å². The molecule has 0 aliphatic rings. The van der Waals surface area contributed by atoms with Crippen LogP contribution in [0, 0.1) is 0 Å². The zero-order chi connectivity index (χ0) is 14.2. The van der Waals surface area contributed by atoms with E-state index in [0.717, 1.165) is 25.7 Å². The standard InChI is InChI=1S/C12H24O2.C3H4N2/c1-3-5-7-9-11-14-12(13)10-8-6-4-2;1-2-5-3-4-1/h3-11H2,1-2H3;1-3H,(H,4,5). The van der Waals surface area contributed by atoms with Gasteiger partial charge in [0.05, 0.1) is 12.9 Å². The first kappa shape index (κ1) is 17.7. The Morgan fingerprint density at radius 3 is 2.37 bits per heavy atom. The maximum atomic E-state index is 11.1. The van der Waals surface area contributed by atoms with Crippen LogP contribution in [0.15, 0.2) is 18.7 Å². The molecule has 0 aliphatic carbocycles. The van der Waals surface area contributed by atoms with E-state index in [9.17, 15) is 4.79 Å². The van der Waals surface area contributed by atoms with Crippen LogP contribution in [0.5, 0.6) is 0 Å². The van der Waals surface area contributed by atoms with Crippen LogP contribution < -0.4 is 0 Å². The van der Waals surface area contributed by atoms with Gasteiger partial charge in [0.2, 0.25) is 0 Å². The van der Waals surface area contributed by atoms with Crippen molar-refractivity contribution in [2.75, 3.05) is 6.61 Å². The zero-order valence-electron chi connectivity index (χ0n) is 12.4. The summed E-state index contributed by atoms with van der Waals surface area (Å²) in [5.74, 6) is -0.0186. The number of hydrogen-bond donors (Lipinski definition) is 1. The maximum absolute atomic E-state index is 11.1. The van der Waals surface area contributed by atoms with E-state index in [0.29, 0.717) is 13.0 Å². The third kappa shape index (κ3) is 14.6. The van der Waals surface area contributed by atoms with Crippen LogP contribution in [0.25, 0.3) is 0 Å². The Labute approximate surface area is 117 Å². The molecule has 0 spiro atoms. The van der Waals surface area contributed by atoms with Gasteiger partial charge in [0.1, 0.15) is 0 Å². The number of nitrogens with zero attached hydrogens (tertiary/aromatic N) is 1. The summed E-state index contributed by atoms with van der Waals surface area (Å²) in [6.07, 6.45) is 13.6. The van der Waals surface area contributed by atoms with Gasteiger partial charge in [-0.15, -0.1) is 0 Å². The number of aromatic nitrogens is 2. The lowest BCUT2D eigenvalue weighted by Gasteiger charge is -2.03. The smallest absolute Gasteiger partial charge is 0.305 e. The van der Waals surface area contributed by atoms with E-state index in [4.69, 9.17) is 4.74 Å². The van der Waals surface area contributed by atoms with Gasteiger partial charge in [-0.05, 0) is 12.8 Å². The summed E-state index contributed by atoms with van der Waals surface area (Å²) in [6, 6.07) is 0. The lowest BCUT2D eigenvalue weighted by Crippen LogP contribution is -2.05. The molecule has 1 aromatic rings. The molecule has 19 heavy (non-hydrogen) atoms. The van der Waals surface area contributed by atoms with Crippen LogP contribution in [0.1, 0.15) is 65.2 Å². The SMILES string of the molecule is CCCCCCOC(=O)CCCCC.c1c[nH]cn1. The van der Waals surface area contributed by atoms with Crippen LogP contribution in [0.4, 0.5) is 0 Å². The van der Waals surface area contributed by atoms with Gasteiger partial charge in [0, 0.05) is 18.8 Å². The molecule has 0 aliphatic heterocycles. The molecule has 4 heteroatoms. The number of imidazole rings is 1. The molecule has 1 N–H and O–H groups in total. The van der Waals surface area contributed by atoms with Crippen molar-refractivity contribution in [3.63, 3.8) is 0 Å². The minimum Gasteiger partial charge on any atom is -0.466 e. The highest BCUT2D eigenvalue weighted by molar-refractivity contribution is 5.69. The van der Waals surface area contributed by atoms with Crippen molar-refractivity contribution in [2.24, 2.45) is 0 Å². The average Bonchev–Trinajstić information content (AvgIpc) is 2.98. The van der Waals surface area contributed by atoms with E-state index in [2.05, 4.69) is 23.8 Å². The van der Waals surface area contributed by atoms with Gasteiger partial charge < -0.3 is 9.72 Å². The summed E-state index contributed by atoms with van der Waals surface area (Å²) in [5, 5.41) is 0. The summed E-state index contributed by atoms with van der Waals surface area (Å²) in [6.45, 7) is 4.93. The predicted molar refractivity (Wildman–Crippen MR) is 77.8 cm³/mol. The highest BCUT2D eigenvalue weighted by Gasteiger charge is 2.00. The number of ether oxygens (including phenoxy) is 1. The summed E-state index contributed by atoms with van der Waals surface area (Å²) >= 11 is 0. The molecular formula is C15H28N2O2. The number of hydrogen-bond acceptors (Lipinski definition) is 3. The molecule has 1 heterocycles. The first-order valence-electron chi connectivity index (χ1n) is 7.39. The Hall–Kier alpha value is -1.32. The minimum absolute atomic E-state index is 0.0186. The van der Waals surface area contributed by atoms with E-state index in [-0.39, 0.29) is 5.97 Å². The average molecular weight is 268 g/mol. The van der Waals surface area contributed by atoms with Gasteiger partial charge in [-0.25, -0.2) is 4.98 Å². The molecule has 4 nitrogen and oxygen atoms in total. The Bertz CT molecular complexity index is 256. The topological polar surface area (TPSA) is 55.0 Å². The lowest BCUT2D eigenvalue weighted by molar-refractivity contribution is -0.143. The second-order valence-corrected chi connectivity index (χ2v) is 4.50. The molecule has 0 amide bonds. The molecule has 110 valence electrons. The molecule has 1 rings (SSSR count). The van der Waals surface area contributed by atoms with Crippen molar-refractivity contribution in [3.8, 4) is 0 Å². The zero-order valence-corrected chi connectivity index (χ0v) is 12.4. The van der Waals surface area contributed by atoms with Gasteiger partial charge in [-0.2, -0.15) is 0 Å². The van der Waals surface area contributed by atoms with Crippen LogP contribution >= 0.6 is 0 Å². The van der Waals surface area contributed by atoms with Crippen molar-refractivity contribution in [2.45, 2.75) is 65.2 Å². The normalized spacial score (nSPS) is 9.58. The molecule has 0 unspecified atom stereocenters. The van der Waals surface area contributed by atoms with Crippen LogP contribution in [-0.4, -0.2) is 22.5 Å². The molecule has 0 saturated heterocycles. The number of esters is 1. The molecule has 0 aromatic carbocycles. The Balaban J connectivity index is 0.000000532. The number of carbonyl (C=O) groups is 1. The van der Waals surface area contributed by atoms with Gasteiger partial charge in [0.15, 0.2) is 0 Å². The van der Waals surface area contributed by atoms with E-state index >= 15 is 0 Å². The lowest BCUT2D eigenvalue weighted by atomic mass is 10.2. The quantitative estimate of drug-likeness (QED) is 0.542. The Morgan fingerprint density at radius 1 is 1.11 bits per heavy atom. The molecule has 0 saturated carbocycles. The monoisotopic (exact) mass is 268 g/mol. The highest BCUT2D eigenvalue weighted by atomic mass is 16.5. The van der Waals surface area contributed by atoms with E-state index < -0.39 is 0 Å².